The third-order valence-corrected chi connectivity index (χ3v) is 2.69. The van der Waals surface area contributed by atoms with E-state index < -0.39 is 0 Å². The van der Waals surface area contributed by atoms with Crippen LogP contribution < -0.4 is 28.2 Å². The Morgan fingerprint density at radius 2 is 1.54 bits per heavy atom. The summed E-state index contributed by atoms with van der Waals surface area (Å²) in [4.78, 5) is 0. The fourth-order valence-corrected chi connectivity index (χ4v) is 1.61. The van der Waals surface area contributed by atoms with Crippen molar-refractivity contribution in [2.75, 3.05) is 0 Å². The predicted octanol–water partition coefficient (Wildman–Crippen LogP) is -2.74. The van der Waals surface area contributed by atoms with Crippen LogP contribution in [-0.2, 0) is 0 Å². The second-order valence-corrected chi connectivity index (χ2v) is 3.45. The van der Waals surface area contributed by atoms with E-state index in [1.54, 1.807) is 0 Å². The van der Waals surface area contributed by atoms with Gasteiger partial charge in [0.1, 0.15) is 0 Å². The number of nitrogens with two attached hydrogens (primary N) is 4. The van der Waals surface area contributed by atoms with Gasteiger partial charge in [-0.3, -0.25) is 0 Å². The molecule has 0 aromatic rings. The van der Waals surface area contributed by atoms with Gasteiger partial charge in [-0.15, -0.1) is 0 Å². The first kappa shape index (κ1) is 10.5. The van der Waals surface area contributed by atoms with Gasteiger partial charge in [-0.25, -0.2) is 0 Å². The summed E-state index contributed by atoms with van der Waals surface area (Å²) in [6, 6.07) is -1.31. The standard InChI is InChI=1S/C7H16BN5/c1-2-3(9)4(10)5(11)6(12)7(2)13-8/h3-6,13H,9-12H2,1H3/t3?,4?,5?,6-/m0/s1. The molecule has 0 aromatic carbocycles. The van der Waals surface area contributed by atoms with Gasteiger partial charge in [-0.1, -0.05) is 0 Å². The molecule has 3 unspecified atom stereocenters. The van der Waals surface area contributed by atoms with Crippen LogP contribution in [-0.4, -0.2) is 32.1 Å². The Balaban J connectivity index is 3.03. The third-order valence-electron chi connectivity index (χ3n) is 2.69. The molecular weight excluding hydrogens is 165 g/mol. The van der Waals surface area contributed by atoms with Crippen molar-refractivity contribution in [3.63, 3.8) is 0 Å². The Bertz CT molecular complexity index is 229. The number of rotatable bonds is 1. The quantitative estimate of drug-likeness (QED) is 0.281. The first-order valence-corrected chi connectivity index (χ1v) is 4.20. The molecule has 1 aliphatic rings. The third kappa shape index (κ3) is 1.58. The molecule has 6 heteroatoms. The molecule has 0 aliphatic heterocycles. The summed E-state index contributed by atoms with van der Waals surface area (Å²) in [5, 5.41) is 2.52. The Morgan fingerprint density at radius 1 is 1.08 bits per heavy atom. The van der Waals surface area contributed by atoms with Crippen molar-refractivity contribution in [1.29, 1.82) is 0 Å². The van der Waals surface area contributed by atoms with Crippen LogP contribution in [0.4, 0.5) is 0 Å². The number of nitrogens with one attached hydrogen (secondary N) is 1. The van der Waals surface area contributed by atoms with Gasteiger partial charge in [0, 0.05) is 23.8 Å². The van der Waals surface area contributed by atoms with Crippen molar-refractivity contribution in [3.8, 4) is 0 Å². The topological polar surface area (TPSA) is 116 Å². The molecule has 0 fully saturated rings. The molecular formula is C7H16BN5. The van der Waals surface area contributed by atoms with Gasteiger partial charge in [-0.2, -0.15) is 0 Å². The average molecular weight is 181 g/mol. The fraction of sp³-hybridized carbons (Fsp3) is 0.714. The first-order valence-electron chi connectivity index (χ1n) is 4.20. The highest BCUT2D eigenvalue weighted by Crippen LogP contribution is 2.19. The maximum absolute atomic E-state index is 5.83. The Morgan fingerprint density at radius 3 is 2.00 bits per heavy atom. The van der Waals surface area contributed by atoms with E-state index in [4.69, 9.17) is 30.9 Å². The molecule has 5 nitrogen and oxygen atoms in total. The van der Waals surface area contributed by atoms with Crippen LogP contribution in [0.15, 0.2) is 11.3 Å². The fourth-order valence-electron chi connectivity index (χ4n) is 1.61. The molecule has 72 valence electrons. The lowest BCUT2D eigenvalue weighted by atomic mass is 9.82. The molecule has 0 spiro atoms. The van der Waals surface area contributed by atoms with Crippen molar-refractivity contribution < 1.29 is 0 Å². The molecule has 0 bridgehead atoms. The van der Waals surface area contributed by atoms with Crippen LogP contribution in [0.25, 0.3) is 0 Å². The predicted molar refractivity (Wildman–Crippen MR) is 53.5 cm³/mol. The van der Waals surface area contributed by atoms with E-state index >= 15 is 0 Å². The molecule has 9 N–H and O–H groups in total. The van der Waals surface area contributed by atoms with Crippen LogP contribution in [0.1, 0.15) is 6.92 Å². The van der Waals surface area contributed by atoms with E-state index in [0.717, 1.165) is 5.57 Å². The van der Waals surface area contributed by atoms with E-state index in [9.17, 15) is 0 Å². The van der Waals surface area contributed by atoms with Crippen LogP contribution >= 0.6 is 0 Å². The minimum absolute atomic E-state index is 0.277. The van der Waals surface area contributed by atoms with E-state index in [2.05, 4.69) is 5.23 Å². The summed E-state index contributed by atoms with van der Waals surface area (Å²) in [5.41, 5.74) is 24.8. The van der Waals surface area contributed by atoms with Crippen molar-refractivity contribution in [2.45, 2.75) is 31.1 Å². The average Bonchev–Trinajstić information content (AvgIpc) is 2.13. The van der Waals surface area contributed by atoms with Gasteiger partial charge >= 0.3 is 0 Å². The summed E-state index contributed by atoms with van der Waals surface area (Å²) in [6.07, 6.45) is 0. The van der Waals surface area contributed by atoms with E-state index in [1.807, 2.05) is 6.92 Å². The lowest BCUT2D eigenvalue weighted by Crippen LogP contribution is -2.65. The molecule has 0 saturated heterocycles. The minimum Gasteiger partial charge on any atom is -0.439 e. The molecule has 13 heavy (non-hydrogen) atoms. The lowest BCUT2D eigenvalue weighted by Gasteiger charge is -2.38. The monoisotopic (exact) mass is 181 g/mol. The first-order chi connectivity index (χ1) is 6.00. The zero-order chi connectivity index (χ0) is 10.2. The van der Waals surface area contributed by atoms with Crippen molar-refractivity contribution in [2.24, 2.45) is 22.9 Å². The zero-order valence-corrected chi connectivity index (χ0v) is 7.70. The highest BCUT2D eigenvalue weighted by atomic mass is 15.0. The lowest BCUT2D eigenvalue weighted by molar-refractivity contribution is 0.400. The van der Waals surface area contributed by atoms with Crippen LogP contribution in [0.5, 0.6) is 0 Å². The summed E-state index contributed by atoms with van der Waals surface area (Å²) in [7, 11) is 5.31. The van der Waals surface area contributed by atoms with Crippen molar-refractivity contribution in [1.82, 2.24) is 5.23 Å². The highest BCUT2D eigenvalue weighted by Gasteiger charge is 2.35. The minimum atomic E-state index is -0.361. The number of hydrogen-bond donors (Lipinski definition) is 5. The second kappa shape index (κ2) is 3.67. The molecule has 1 aliphatic carbocycles. The summed E-state index contributed by atoms with van der Waals surface area (Å²) < 4.78 is 0. The summed E-state index contributed by atoms with van der Waals surface area (Å²) >= 11 is 0. The highest BCUT2D eigenvalue weighted by molar-refractivity contribution is 6.05. The van der Waals surface area contributed by atoms with E-state index in [-0.39, 0.29) is 24.2 Å². The van der Waals surface area contributed by atoms with E-state index in [0.29, 0.717) is 5.70 Å². The SMILES string of the molecule is [B]NC1=C(C)C(N)C(N)C(N)[C@@H]1N. The number of hydrogen-bond acceptors (Lipinski definition) is 5. The van der Waals surface area contributed by atoms with Crippen LogP contribution in [0.3, 0.4) is 0 Å². The van der Waals surface area contributed by atoms with Gasteiger partial charge in [-0.05, 0) is 12.5 Å². The second-order valence-electron chi connectivity index (χ2n) is 3.45. The molecule has 0 amide bonds. The van der Waals surface area contributed by atoms with Gasteiger partial charge in [0.15, 0.2) is 0 Å². The molecule has 0 aromatic heterocycles. The van der Waals surface area contributed by atoms with E-state index in [1.165, 1.54) is 0 Å². The maximum Gasteiger partial charge on any atom is 0.222 e. The Hall–Kier alpha value is -0.555. The molecule has 0 heterocycles. The Labute approximate surface area is 79.3 Å². The maximum atomic E-state index is 5.83. The van der Waals surface area contributed by atoms with Gasteiger partial charge in [0.25, 0.3) is 0 Å². The van der Waals surface area contributed by atoms with Gasteiger partial charge in [0.05, 0.1) is 6.04 Å². The molecule has 4 atom stereocenters. The molecule has 2 radical (unpaired) electrons. The molecule has 1 rings (SSSR count). The normalized spacial score (nSPS) is 40.7. The summed E-state index contributed by atoms with van der Waals surface area (Å²) in [6.45, 7) is 1.85. The zero-order valence-electron chi connectivity index (χ0n) is 7.70. The van der Waals surface area contributed by atoms with Crippen molar-refractivity contribution >= 4 is 7.98 Å². The summed E-state index contributed by atoms with van der Waals surface area (Å²) in [5.74, 6) is 0. The molecule has 0 saturated carbocycles. The largest absolute Gasteiger partial charge is 0.439 e. The van der Waals surface area contributed by atoms with Crippen LogP contribution in [0.2, 0.25) is 0 Å². The smallest absolute Gasteiger partial charge is 0.222 e. The van der Waals surface area contributed by atoms with Gasteiger partial charge in [0.2, 0.25) is 7.98 Å². The van der Waals surface area contributed by atoms with Crippen molar-refractivity contribution in [3.05, 3.63) is 11.3 Å². The Kier molecular flexibility index (Phi) is 2.97. The van der Waals surface area contributed by atoms with Crippen LogP contribution in [0, 0.1) is 0 Å². The van der Waals surface area contributed by atoms with Gasteiger partial charge < -0.3 is 28.2 Å².